The molecular formula is C52H35N3O. The molecule has 4 heteroatoms. The summed E-state index contributed by atoms with van der Waals surface area (Å²) in [7, 11) is 0. The minimum Gasteiger partial charge on any atom is -0.485 e. The lowest BCUT2D eigenvalue weighted by Gasteiger charge is -2.47. The second kappa shape index (κ2) is 13.0. The Labute approximate surface area is 326 Å². The quantitative estimate of drug-likeness (QED) is 0.178. The number of fused-ring (bicyclic) bond motifs is 9. The van der Waals surface area contributed by atoms with Crippen molar-refractivity contribution < 1.29 is 4.74 Å². The van der Waals surface area contributed by atoms with Crippen molar-refractivity contribution >= 4 is 5.57 Å². The molecule has 2 atom stereocenters. The molecule has 3 aliphatic rings. The summed E-state index contributed by atoms with van der Waals surface area (Å²) >= 11 is 0. The number of hydrogen-bond donors (Lipinski definition) is 0. The fourth-order valence-electron chi connectivity index (χ4n) is 9.21. The third-order valence-electron chi connectivity index (χ3n) is 11.6. The molecule has 264 valence electrons. The standard InChI is InChI=1S/C52H35N3O/c1-3-16-34(17-4-1)39-22-7-8-25-42(39)51-54-49(35-18-5-2-6-19-35)53-50(55-51)38-21-15-20-36(32-38)37-30-31-46-48(33-37)56-47-29-14-13-28-45(47)52(46)43-26-11-9-23-40(43)41-24-10-12-27-44(41)52/h1-33,46,48H. The van der Waals surface area contributed by atoms with E-state index in [4.69, 9.17) is 19.7 Å². The SMILES string of the molecule is C1=CC2C(C=C1c1cccc(-c3nc(-c4ccccc4)nc(-c4ccccc4-c4ccccc4)n3)c1)Oc1ccccc1C21c2ccccc2-c2ccccc21. The zero-order chi connectivity index (χ0) is 37.1. The Morgan fingerprint density at radius 3 is 1.64 bits per heavy atom. The lowest BCUT2D eigenvalue weighted by Crippen LogP contribution is -2.47. The van der Waals surface area contributed by atoms with Crippen LogP contribution in [0.25, 0.3) is 62.0 Å². The van der Waals surface area contributed by atoms with Crippen LogP contribution in [-0.4, -0.2) is 21.1 Å². The van der Waals surface area contributed by atoms with E-state index in [0.29, 0.717) is 17.5 Å². The van der Waals surface area contributed by atoms with Crippen molar-refractivity contribution in [2.75, 3.05) is 0 Å². The molecule has 1 aromatic heterocycles. The highest BCUT2D eigenvalue weighted by Gasteiger charge is 2.55. The summed E-state index contributed by atoms with van der Waals surface area (Å²) in [5.41, 5.74) is 13.3. The molecule has 56 heavy (non-hydrogen) atoms. The van der Waals surface area contributed by atoms with Gasteiger partial charge in [0.1, 0.15) is 11.9 Å². The number of rotatable bonds is 5. The molecule has 4 nitrogen and oxygen atoms in total. The zero-order valence-corrected chi connectivity index (χ0v) is 30.5. The molecule has 2 heterocycles. The Hall–Kier alpha value is -7.17. The first-order chi connectivity index (χ1) is 27.8. The Bertz CT molecular complexity index is 2810. The molecule has 0 radical (unpaired) electrons. The molecule has 0 N–H and O–H groups in total. The van der Waals surface area contributed by atoms with Gasteiger partial charge in [-0.2, -0.15) is 0 Å². The molecule has 2 aliphatic carbocycles. The average Bonchev–Trinajstić information content (AvgIpc) is 3.57. The molecule has 1 aliphatic heterocycles. The number of hydrogen-bond acceptors (Lipinski definition) is 4. The molecule has 0 saturated heterocycles. The second-order valence-electron chi connectivity index (χ2n) is 14.6. The van der Waals surface area contributed by atoms with Crippen LogP contribution in [0, 0.1) is 5.92 Å². The average molecular weight is 718 g/mol. The van der Waals surface area contributed by atoms with E-state index in [1.54, 1.807) is 0 Å². The fourth-order valence-corrected chi connectivity index (χ4v) is 9.21. The van der Waals surface area contributed by atoms with E-state index >= 15 is 0 Å². The van der Waals surface area contributed by atoms with Crippen LogP contribution < -0.4 is 4.74 Å². The minimum absolute atomic E-state index is 0.0540. The summed E-state index contributed by atoms with van der Waals surface area (Å²) in [5, 5.41) is 0. The smallest absolute Gasteiger partial charge is 0.164 e. The molecule has 0 bridgehead atoms. The first-order valence-electron chi connectivity index (χ1n) is 19.2. The molecule has 11 rings (SSSR count). The number of ether oxygens (including phenoxy) is 1. The summed E-state index contributed by atoms with van der Waals surface area (Å²) in [4.78, 5) is 15.3. The van der Waals surface area contributed by atoms with Crippen molar-refractivity contribution in [2.45, 2.75) is 11.5 Å². The molecule has 0 amide bonds. The topological polar surface area (TPSA) is 47.9 Å². The highest BCUT2D eigenvalue weighted by molar-refractivity contribution is 5.87. The molecule has 8 aromatic rings. The van der Waals surface area contributed by atoms with Crippen LogP contribution in [-0.2, 0) is 5.41 Å². The van der Waals surface area contributed by atoms with Gasteiger partial charge in [-0.15, -0.1) is 0 Å². The number of allylic oxidation sites excluding steroid dienone is 2. The minimum atomic E-state index is -0.377. The maximum absolute atomic E-state index is 6.94. The molecule has 1 spiro atoms. The predicted molar refractivity (Wildman–Crippen MR) is 225 cm³/mol. The van der Waals surface area contributed by atoms with Crippen LogP contribution in [0.1, 0.15) is 22.3 Å². The van der Waals surface area contributed by atoms with Crippen LogP contribution in [0.15, 0.2) is 200 Å². The summed E-state index contributed by atoms with van der Waals surface area (Å²) in [5.74, 6) is 2.88. The van der Waals surface area contributed by atoms with Crippen LogP contribution in [0.4, 0.5) is 0 Å². The normalized spacial score (nSPS) is 16.9. The molecular weight excluding hydrogens is 683 g/mol. The van der Waals surface area contributed by atoms with Gasteiger partial charge in [0.2, 0.25) is 0 Å². The maximum atomic E-state index is 6.94. The van der Waals surface area contributed by atoms with Gasteiger partial charge in [0, 0.05) is 28.2 Å². The van der Waals surface area contributed by atoms with Crippen LogP contribution in [0.3, 0.4) is 0 Å². The van der Waals surface area contributed by atoms with Gasteiger partial charge in [0.25, 0.3) is 0 Å². The third kappa shape index (κ3) is 5.03. The van der Waals surface area contributed by atoms with E-state index in [1.807, 2.05) is 42.5 Å². The lowest BCUT2D eigenvalue weighted by atomic mass is 9.60. The zero-order valence-electron chi connectivity index (χ0n) is 30.5. The van der Waals surface area contributed by atoms with Gasteiger partial charge in [-0.05, 0) is 62.7 Å². The Balaban J connectivity index is 1.02. The van der Waals surface area contributed by atoms with Gasteiger partial charge in [-0.25, -0.2) is 15.0 Å². The third-order valence-corrected chi connectivity index (χ3v) is 11.6. The van der Waals surface area contributed by atoms with Gasteiger partial charge >= 0.3 is 0 Å². The summed E-state index contributed by atoms with van der Waals surface area (Å²) in [6, 6.07) is 63.9. The predicted octanol–water partition coefficient (Wildman–Crippen LogP) is 11.9. The summed E-state index contributed by atoms with van der Waals surface area (Å²) in [6.07, 6.45) is 6.80. The van der Waals surface area contributed by atoms with E-state index < -0.39 is 0 Å². The van der Waals surface area contributed by atoms with E-state index in [-0.39, 0.29) is 17.4 Å². The Morgan fingerprint density at radius 2 is 0.929 bits per heavy atom. The highest BCUT2D eigenvalue weighted by atomic mass is 16.5. The summed E-state index contributed by atoms with van der Waals surface area (Å²) < 4.78 is 6.94. The molecule has 0 fully saturated rings. The first kappa shape index (κ1) is 32.3. The number of para-hydroxylation sites is 1. The Kier molecular flexibility index (Phi) is 7.49. The molecule has 0 saturated carbocycles. The van der Waals surface area contributed by atoms with Crippen molar-refractivity contribution in [3.63, 3.8) is 0 Å². The van der Waals surface area contributed by atoms with Crippen LogP contribution in [0.5, 0.6) is 5.75 Å². The second-order valence-corrected chi connectivity index (χ2v) is 14.6. The van der Waals surface area contributed by atoms with Crippen molar-refractivity contribution in [3.05, 3.63) is 222 Å². The molecule has 2 unspecified atom stereocenters. The van der Waals surface area contributed by atoms with Crippen LogP contribution in [0.2, 0.25) is 0 Å². The first-order valence-corrected chi connectivity index (χ1v) is 19.2. The Morgan fingerprint density at radius 1 is 0.411 bits per heavy atom. The fraction of sp³-hybridized carbons (Fsp3) is 0.0577. The van der Waals surface area contributed by atoms with Crippen LogP contribution >= 0.6 is 0 Å². The summed E-state index contributed by atoms with van der Waals surface area (Å²) in [6.45, 7) is 0. The van der Waals surface area contributed by atoms with E-state index in [9.17, 15) is 0 Å². The molecule has 7 aromatic carbocycles. The van der Waals surface area contributed by atoms with E-state index in [2.05, 4.69) is 158 Å². The van der Waals surface area contributed by atoms with Gasteiger partial charge in [0.15, 0.2) is 17.5 Å². The van der Waals surface area contributed by atoms with Crippen molar-refractivity contribution in [3.8, 4) is 62.2 Å². The maximum Gasteiger partial charge on any atom is 0.164 e. The van der Waals surface area contributed by atoms with Crippen molar-refractivity contribution in [2.24, 2.45) is 5.92 Å². The number of nitrogens with zero attached hydrogens (tertiary/aromatic N) is 3. The largest absolute Gasteiger partial charge is 0.485 e. The van der Waals surface area contributed by atoms with Gasteiger partial charge < -0.3 is 4.74 Å². The van der Waals surface area contributed by atoms with Crippen molar-refractivity contribution in [1.29, 1.82) is 0 Å². The van der Waals surface area contributed by atoms with Gasteiger partial charge in [-0.3, -0.25) is 0 Å². The van der Waals surface area contributed by atoms with E-state index in [1.165, 1.54) is 27.8 Å². The van der Waals surface area contributed by atoms with E-state index in [0.717, 1.165) is 44.7 Å². The number of aromatic nitrogens is 3. The highest BCUT2D eigenvalue weighted by Crippen LogP contribution is 2.62. The number of benzene rings is 7. The lowest BCUT2D eigenvalue weighted by molar-refractivity contribution is 0.142. The van der Waals surface area contributed by atoms with Crippen molar-refractivity contribution in [1.82, 2.24) is 15.0 Å². The monoisotopic (exact) mass is 717 g/mol. The van der Waals surface area contributed by atoms with Gasteiger partial charge in [0.05, 0.1) is 5.41 Å². The van der Waals surface area contributed by atoms with Gasteiger partial charge in [-0.1, -0.05) is 182 Å².